The molecule has 3 heteroatoms. The first kappa shape index (κ1) is 22.6. The monoisotopic (exact) mass is 597 g/mol. The maximum atomic E-state index is 5.02. The average molecular weight is 598 g/mol. The fraction of sp³-hybridized carbons (Fsp3) is 0.241. The molecule has 0 amide bonds. The van der Waals surface area contributed by atoms with Crippen molar-refractivity contribution in [2.75, 3.05) is 0 Å². The van der Waals surface area contributed by atoms with Crippen LogP contribution >= 0.6 is 0 Å². The van der Waals surface area contributed by atoms with E-state index < -0.39 is 0 Å². The molecule has 1 aliphatic rings. The maximum Gasteiger partial charge on any atom is 2.00 e. The van der Waals surface area contributed by atoms with Gasteiger partial charge in [-0.15, -0.1) is 35.4 Å². The molecule has 32 heavy (non-hydrogen) atoms. The van der Waals surface area contributed by atoms with Gasteiger partial charge in [-0.05, 0) is 35.7 Å². The summed E-state index contributed by atoms with van der Waals surface area (Å²) in [6, 6.07) is 32.6. The van der Waals surface area contributed by atoms with Crippen molar-refractivity contribution in [3.05, 3.63) is 107 Å². The molecular weight excluding hydrogens is 571 g/mol. The zero-order valence-corrected chi connectivity index (χ0v) is 21.1. The van der Waals surface area contributed by atoms with Crippen LogP contribution in [0.5, 0.6) is 0 Å². The Hall–Kier alpha value is -2.57. The van der Waals surface area contributed by atoms with Crippen molar-refractivity contribution in [1.82, 2.24) is 9.97 Å². The third-order valence-corrected chi connectivity index (χ3v) is 6.36. The molecule has 2 aromatic heterocycles. The van der Waals surface area contributed by atoms with E-state index in [-0.39, 0.29) is 31.9 Å². The van der Waals surface area contributed by atoms with Gasteiger partial charge < -0.3 is 0 Å². The number of hydrogen-bond acceptors (Lipinski definition) is 2. The van der Waals surface area contributed by atoms with Crippen molar-refractivity contribution >= 4 is 0 Å². The number of benzene rings is 2. The molecule has 0 radical (unpaired) electrons. The molecule has 0 aliphatic carbocycles. The second-order valence-electron chi connectivity index (χ2n) is 9.57. The number of aromatic nitrogens is 2. The minimum Gasteiger partial charge on any atom is -0.295 e. The van der Waals surface area contributed by atoms with Crippen LogP contribution in [0.25, 0.3) is 22.6 Å². The quantitative estimate of drug-likeness (QED) is 0.215. The van der Waals surface area contributed by atoms with Gasteiger partial charge in [-0.3, -0.25) is 9.97 Å². The molecule has 0 fully saturated rings. The topological polar surface area (TPSA) is 25.8 Å². The predicted molar refractivity (Wildman–Crippen MR) is 126 cm³/mol. The SMILES string of the molecule is CC1(C)Cc2[c-]c(ccc2)C(C)(C)c2[c-]c(ccc2)-c2cccc(n2)-c2cccc1n2.[Pt+2]. The number of nitrogens with zero attached hydrogens (tertiary/aromatic N) is 2. The molecule has 8 bridgehead atoms. The van der Waals surface area contributed by atoms with Gasteiger partial charge in [-0.25, -0.2) is 0 Å². The standard InChI is InChI=1S/C29H26N2.Pt/c1-28(2)19-20-9-5-11-22(17-20)29(3,4)23-12-6-10-21(18-23)24-13-7-14-25(30-24)26-15-8-16-27(28)31-26;/h5-16H,19H2,1-4H3;/q-2;+2. The molecule has 0 N–H and O–H groups in total. The fourth-order valence-corrected chi connectivity index (χ4v) is 4.36. The van der Waals surface area contributed by atoms with Crippen LogP contribution in [0, 0.1) is 12.1 Å². The van der Waals surface area contributed by atoms with Gasteiger partial charge in [0.1, 0.15) is 0 Å². The summed E-state index contributed by atoms with van der Waals surface area (Å²) in [4.78, 5) is 9.97. The van der Waals surface area contributed by atoms with Crippen LogP contribution in [0.2, 0.25) is 0 Å². The largest absolute Gasteiger partial charge is 2.00 e. The smallest absolute Gasteiger partial charge is 0.295 e. The minimum atomic E-state index is -0.218. The Morgan fingerprint density at radius 2 is 1.25 bits per heavy atom. The molecule has 2 aromatic carbocycles. The van der Waals surface area contributed by atoms with Crippen molar-refractivity contribution in [2.24, 2.45) is 0 Å². The summed E-state index contributed by atoms with van der Waals surface area (Å²) in [7, 11) is 0. The summed E-state index contributed by atoms with van der Waals surface area (Å²) in [6.07, 6.45) is 0.866. The molecule has 0 saturated heterocycles. The summed E-state index contributed by atoms with van der Waals surface area (Å²) in [6.45, 7) is 9.00. The van der Waals surface area contributed by atoms with Crippen molar-refractivity contribution in [2.45, 2.75) is 44.9 Å². The number of rotatable bonds is 0. The summed E-state index contributed by atoms with van der Waals surface area (Å²) < 4.78 is 0. The van der Waals surface area contributed by atoms with Gasteiger partial charge in [-0.2, -0.15) is 35.4 Å². The molecule has 0 saturated carbocycles. The molecule has 0 atom stereocenters. The number of hydrogen-bond donors (Lipinski definition) is 0. The van der Waals surface area contributed by atoms with Crippen molar-refractivity contribution in [1.29, 1.82) is 0 Å². The molecular formula is C29H26N2Pt. The van der Waals surface area contributed by atoms with Gasteiger partial charge in [0.2, 0.25) is 0 Å². The van der Waals surface area contributed by atoms with E-state index in [2.05, 4.69) is 94.4 Å². The molecule has 1 aliphatic heterocycles. The molecule has 0 spiro atoms. The van der Waals surface area contributed by atoms with Gasteiger partial charge in [0, 0.05) is 11.1 Å². The first-order chi connectivity index (χ1) is 14.8. The first-order valence-electron chi connectivity index (χ1n) is 10.8. The van der Waals surface area contributed by atoms with Crippen LogP contribution in [0.15, 0.2) is 72.8 Å². The third kappa shape index (κ3) is 4.09. The van der Waals surface area contributed by atoms with E-state index in [1.165, 1.54) is 11.1 Å². The Labute approximate surface area is 205 Å². The third-order valence-electron chi connectivity index (χ3n) is 6.36. The first-order valence-corrected chi connectivity index (χ1v) is 10.8. The van der Waals surface area contributed by atoms with Crippen LogP contribution < -0.4 is 0 Å². The summed E-state index contributed by atoms with van der Waals surface area (Å²) in [5, 5.41) is 0. The van der Waals surface area contributed by atoms with Crippen LogP contribution in [0.1, 0.15) is 50.1 Å². The zero-order valence-electron chi connectivity index (χ0n) is 18.8. The Morgan fingerprint density at radius 1 is 0.656 bits per heavy atom. The molecule has 0 unspecified atom stereocenters. The summed E-state index contributed by atoms with van der Waals surface area (Å²) in [5.74, 6) is 0. The molecule has 3 heterocycles. The average Bonchev–Trinajstić information content (AvgIpc) is 2.79. The van der Waals surface area contributed by atoms with Gasteiger partial charge in [0.25, 0.3) is 0 Å². The van der Waals surface area contributed by atoms with Gasteiger partial charge in [-0.1, -0.05) is 45.9 Å². The second-order valence-corrected chi connectivity index (χ2v) is 9.57. The van der Waals surface area contributed by atoms with E-state index in [4.69, 9.17) is 9.97 Å². The Kier molecular flexibility index (Phi) is 5.94. The Morgan fingerprint density at radius 3 is 2.03 bits per heavy atom. The number of fused-ring (bicyclic) bond motifs is 10. The van der Waals surface area contributed by atoms with E-state index in [0.717, 1.165) is 40.3 Å². The van der Waals surface area contributed by atoms with Gasteiger partial charge in [0.15, 0.2) is 0 Å². The van der Waals surface area contributed by atoms with E-state index in [1.54, 1.807) is 0 Å². The summed E-state index contributed by atoms with van der Waals surface area (Å²) >= 11 is 0. The van der Waals surface area contributed by atoms with E-state index in [0.29, 0.717) is 0 Å². The van der Waals surface area contributed by atoms with Gasteiger partial charge >= 0.3 is 21.1 Å². The normalized spacial score (nSPS) is 15.6. The van der Waals surface area contributed by atoms with Crippen molar-refractivity contribution < 1.29 is 21.1 Å². The zero-order chi connectivity index (χ0) is 21.6. The second kappa shape index (κ2) is 8.41. The number of pyridine rings is 2. The molecule has 4 aromatic rings. The van der Waals surface area contributed by atoms with E-state index in [1.807, 2.05) is 18.2 Å². The molecule has 162 valence electrons. The van der Waals surface area contributed by atoms with Crippen molar-refractivity contribution in [3.63, 3.8) is 0 Å². The summed E-state index contributed by atoms with van der Waals surface area (Å²) in [5.41, 5.74) is 7.92. The van der Waals surface area contributed by atoms with E-state index >= 15 is 0 Å². The molecule has 2 nitrogen and oxygen atoms in total. The van der Waals surface area contributed by atoms with E-state index in [9.17, 15) is 0 Å². The van der Waals surface area contributed by atoms with Crippen LogP contribution in [-0.4, -0.2) is 9.97 Å². The Balaban J connectivity index is 0.00000245. The van der Waals surface area contributed by atoms with Crippen LogP contribution in [0.4, 0.5) is 0 Å². The maximum absolute atomic E-state index is 5.02. The van der Waals surface area contributed by atoms with Crippen LogP contribution in [0.3, 0.4) is 0 Å². The van der Waals surface area contributed by atoms with Crippen LogP contribution in [-0.2, 0) is 38.3 Å². The Bertz CT molecular complexity index is 1270. The van der Waals surface area contributed by atoms with Crippen molar-refractivity contribution in [3.8, 4) is 22.6 Å². The van der Waals surface area contributed by atoms with Gasteiger partial charge in [0.05, 0.1) is 11.4 Å². The minimum absolute atomic E-state index is 0. The molecule has 5 rings (SSSR count). The fourth-order valence-electron chi connectivity index (χ4n) is 4.36. The predicted octanol–water partition coefficient (Wildman–Crippen LogP) is 6.57.